The molecule has 4 aromatic rings. The Morgan fingerprint density at radius 3 is 2.29 bits per heavy atom. The monoisotopic (exact) mass is 461 g/mol. The van der Waals surface area contributed by atoms with Crippen molar-refractivity contribution < 1.29 is 9.47 Å². The zero-order valence-electron chi connectivity index (χ0n) is 20.3. The van der Waals surface area contributed by atoms with Crippen LogP contribution in [0, 0.1) is 5.92 Å². The van der Waals surface area contributed by atoms with Crippen LogP contribution in [-0.4, -0.2) is 49.6 Å². The molecule has 34 heavy (non-hydrogen) atoms. The molecule has 0 aliphatic heterocycles. The molecule has 0 aliphatic carbocycles. The number of hydrogen-bond acceptors (Lipinski definition) is 7. The minimum absolute atomic E-state index is 0.430. The number of aromatic nitrogens is 7. The zero-order valence-corrected chi connectivity index (χ0v) is 20.3. The van der Waals surface area contributed by atoms with Gasteiger partial charge in [0, 0.05) is 39.2 Å². The highest BCUT2D eigenvalue weighted by atomic mass is 16.7. The second-order valence-electron chi connectivity index (χ2n) is 8.61. The molecule has 2 aromatic carbocycles. The number of tetrazole rings is 1. The van der Waals surface area contributed by atoms with Gasteiger partial charge in [-0.05, 0) is 33.0 Å². The van der Waals surface area contributed by atoms with Crippen LogP contribution in [0.15, 0.2) is 48.5 Å². The molecule has 1 N–H and O–H groups in total. The lowest BCUT2D eigenvalue weighted by atomic mass is 9.98. The van der Waals surface area contributed by atoms with Crippen molar-refractivity contribution >= 4 is 0 Å². The Balaban J connectivity index is 1.63. The predicted molar refractivity (Wildman–Crippen MR) is 129 cm³/mol. The van der Waals surface area contributed by atoms with Crippen molar-refractivity contribution in [2.75, 3.05) is 14.2 Å². The molecule has 0 amide bonds. The molecule has 0 radical (unpaired) electrons. The van der Waals surface area contributed by atoms with Crippen LogP contribution < -0.4 is 0 Å². The first-order valence-electron chi connectivity index (χ1n) is 11.5. The topological polar surface area (TPSA) is 104 Å². The Morgan fingerprint density at radius 2 is 1.71 bits per heavy atom. The fourth-order valence-corrected chi connectivity index (χ4v) is 4.07. The quantitative estimate of drug-likeness (QED) is 0.353. The normalized spacial score (nSPS) is 11.9. The van der Waals surface area contributed by atoms with E-state index < -0.39 is 5.79 Å². The third-order valence-corrected chi connectivity index (χ3v) is 5.91. The van der Waals surface area contributed by atoms with E-state index in [9.17, 15) is 0 Å². The lowest BCUT2D eigenvalue weighted by Crippen LogP contribution is -2.31. The molecule has 0 saturated carbocycles. The van der Waals surface area contributed by atoms with E-state index in [2.05, 4.69) is 64.8 Å². The largest absolute Gasteiger partial charge is 0.347 e. The fraction of sp³-hybridized carbons (Fsp3) is 0.400. The van der Waals surface area contributed by atoms with E-state index in [0.29, 0.717) is 30.4 Å². The minimum atomic E-state index is -0.944. The number of aromatic amines is 1. The molecule has 0 aliphatic rings. The molecule has 178 valence electrons. The van der Waals surface area contributed by atoms with Crippen molar-refractivity contribution in [1.29, 1.82) is 0 Å². The molecular weight excluding hydrogens is 430 g/mol. The van der Waals surface area contributed by atoms with Crippen LogP contribution in [0.2, 0.25) is 0 Å². The van der Waals surface area contributed by atoms with Crippen LogP contribution in [0.1, 0.15) is 44.4 Å². The highest BCUT2D eigenvalue weighted by Crippen LogP contribution is 2.31. The number of rotatable bonds is 10. The second-order valence-corrected chi connectivity index (χ2v) is 8.61. The Hall–Kier alpha value is -3.43. The van der Waals surface area contributed by atoms with Gasteiger partial charge in [-0.2, -0.15) is 5.10 Å². The molecule has 0 atom stereocenters. The highest BCUT2D eigenvalue weighted by Gasteiger charge is 2.35. The molecule has 9 nitrogen and oxygen atoms in total. The minimum Gasteiger partial charge on any atom is -0.347 e. The van der Waals surface area contributed by atoms with E-state index in [1.54, 1.807) is 14.2 Å². The van der Waals surface area contributed by atoms with Crippen LogP contribution in [0.5, 0.6) is 0 Å². The first kappa shape index (κ1) is 23.7. The number of methoxy groups -OCH3 is 2. The van der Waals surface area contributed by atoms with Gasteiger partial charge in [0.1, 0.15) is 5.82 Å². The van der Waals surface area contributed by atoms with Gasteiger partial charge < -0.3 is 9.47 Å². The molecule has 0 unspecified atom stereocenters. The number of ether oxygens (including phenoxy) is 2. The van der Waals surface area contributed by atoms with Crippen LogP contribution in [-0.2, 0) is 28.2 Å². The standard InChI is InChI=1S/C25H31N7O2/c1-6-25(33-4,34-5)24-26-22(32(29-24)16-17(2)3)15-18-11-13-19(14-12-18)20-9-7-8-10-21(20)23-27-30-31-28-23/h7-14,17H,6,15-16H2,1-5H3,(H,27,28,30,31). The maximum atomic E-state index is 5.68. The van der Waals surface area contributed by atoms with Crippen molar-refractivity contribution in [3.05, 3.63) is 65.7 Å². The molecule has 0 spiro atoms. The first-order chi connectivity index (χ1) is 16.5. The number of nitrogens with zero attached hydrogens (tertiary/aromatic N) is 6. The Kier molecular flexibility index (Phi) is 7.14. The molecule has 0 fully saturated rings. The van der Waals surface area contributed by atoms with Crippen LogP contribution in [0.3, 0.4) is 0 Å². The van der Waals surface area contributed by atoms with E-state index in [0.717, 1.165) is 34.6 Å². The van der Waals surface area contributed by atoms with Gasteiger partial charge in [-0.25, -0.2) is 14.8 Å². The molecule has 9 heteroatoms. The smallest absolute Gasteiger partial charge is 0.231 e. The summed E-state index contributed by atoms with van der Waals surface area (Å²) in [6.45, 7) is 7.11. The van der Waals surface area contributed by atoms with Gasteiger partial charge in [0.05, 0.1) is 0 Å². The summed E-state index contributed by atoms with van der Waals surface area (Å²) in [6, 6.07) is 16.5. The summed E-state index contributed by atoms with van der Waals surface area (Å²) >= 11 is 0. The Labute approximate surface area is 199 Å². The zero-order chi connectivity index (χ0) is 24.1. The van der Waals surface area contributed by atoms with E-state index in [1.165, 1.54) is 0 Å². The average Bonchev–Trinajstić information content (AvgIpc) is 3.52. The van der Waals surface area contributed by atoms with E-state index >= 15 is 0 Å². The molecule has 2 heterocycles. The fourth-order valence-electron chi connectivity index (χ4n) is 4.07. The van der Waals surface area contributed by atoms with Crippen molar-refractivity contribution in [2.45, 2.75) is 45.9 Å². The first-order valence-corrected chi connectivity index (χ1v) is 11.5. The average molecular weight is 462 g/mol. The van der Waals surface area contributed by atoms with E-state index in [1.807, 2.05) is 29.8 Å². The van der Waals surface area contributed by atoms with Crippen molar-refractivity contribution in [3.8, 4) is 22.5 Å². The Morgan fingerprint density at radius 1 is 1.00 bits per heavy atom. The van der Waals surface area contributed by atoms with Crippen LogP contribution in [0.4, 0.5) is 0 Å². The molecule has 0 saturated heterocycles. The molecule has 4 rings (SSSR count). The predicted octanol–water partition coefficient (Wildman–Crippen LogP) is 4.23. The van der Waals surface area contributed by atoms with E-state index in [4.69, 9.17) is 19.6 Å². The summed E-state index contributed by atoms with van der Waals surface area (Å²) in [4.78, 5) is 4.85. The van der Waals surface area contributed by atoms with Crippen molar-refractivity contribution in [2.24, 2.45) is 5.92 Å². The maximum absolute atomic E-state index is 5.68. The summed E-state index contributed by atoms with van der Waals surface area (Å²) in [6.07, 6.45) is 1.26. The summed E-state index contributed by atoms with van der Waals surface area (Å²) < 4.78 is 13.3. The number of H-pyrrole nitrogens is 1. The highest BCUT2D eigenvalue weighted by molar-refractivity contribution is 5.80. The number of hydrogen-bond donors (Lipinski definition) is 1. The summed E-state index contributed by atoms with van der Waals surface area (Å²) in [5.41, 5.74) is 4.25. The van der Waals surface area contributed by atoms with Crippen molar-refractivity contribution in [1.82, 2.24) is 35.4 Å². The summed E-state index contributed by atoms with van der Waals surface area (Å²) in [5.74, 6) is 1.57. The van der Waals surface area contributed by atoms with Crippen LogP contribution in [0.25, 0.3) is 22.5 Å². The van der Waals surface area contributed by atoms with Gasteiger partial charge in [0.2, 0.25) is 11.6 Å². The lowest BCUT2D eigenvalue weighted by molar-refractivity contribution is -0.222. The lowest BCUT2D eigenvalue weighted by Gasteiger charge is -2.26. The van der Waals surface area contributed by atoms with Gasteiger partial charge in [0.15, 0.2) is 5.82 Å². The molecular formula is C25H31N7O2. The SMILES string of the molecule is CCC(OC)(OC)c1nc(Cc2ccc(-c3ccccc3-c3nnn[nH]3)cc2)n(CC(C)C)n1. The second kappa shape index (κ2) is 10.2. The van der Waals surface area contributed by atoms with Crippen LogP contribution >= 0.6 is 0 Å². The van der Waals surface area contributed by atoms with Gasteiger partial charge >= 0.3 is 0 Å². The summed E-state index contributed by atoms with van der Waals surface area (Å²) in [5, 5.41) is 19.1. The van der Waals surface area contributed by atoms with Gasteiger partial charge in [-0.3, -0.25) is 0 Å². The van der Waals surface area contributed by atoms with Crippen molar-refractivity contribution in [3.63, 3.8) is 0 Å². The third-order valence-electron chi connectivity index (χ3n) is 5.91. The van der Waals surface area contributed by atoms with Gasteiger partial charge in [0.25, 0.3) is 0 Å². The van der Waals surface area contributed by atoms with E-state index in [-0.39, 0.29) is 0 Å². The number of nitrogens with one attached hydrogen (secondary N) is 1. The third kappa shape index (κ3) is 4.76. The summed E-state index contributed by atoms with van der Waals surface area (Å²) in [7, 11) is 3.25. The Bertz CT molecular complexity index is 1190. The molecule has 0 bridgehead atoms. The maximum Gasteiger partial charge on any atom is 0.231 e. The molecule has 2 aromatic heterocycles. The van der Waals surface area contributed by atoms with Gasteiger partial charge in [-0.1, -0.05) is 69.3 Å². The van der Waals surface area contributed by atoms with Gasteiger partial charge in [-0.15, -0.1) is 5.10 Å². The number of benzene rings is 2.